The predicted molar refractivity (Wildman–Crippen MR) is 68.4 cm³/mol. The van der Waals surface area contributed by atoms with Crippen molar-refractivity contribution in [2.45, 2.75) is 26.7 Å². The standard InChI is InChI=1S/C14H17FN2O/c1-10-14(4-3-9-18)11(2)17(16-10)13-7-5-12(15)6-8-13/h5-8,18H,3-4,9H2,1-2H3. The number of hydrogen-bond acceptors (Lipinski definition) is 2. The summed E-state index contributed by atoms with van der Waals surface area (Å²) in [4.78, 5) is 0. The summed E-state index contributed by atoms with van der Waals surface area (Å²) in [6.07, 6.45) is 1.55. The van der Waals surface area contributed by atoms with Gasteiger partial charge >= 0.3 is 0 Å². The molecule has 1 aromatic heterocycles. The molecule has 0 aliphatic carbocycles. The molecule has 1 N–H and O–H groups in total. The van der Waals surface area contributed by atoms with Gasteiger partial charge in [-0.1, -0.05) is 0 Å². The number of aryl methyl sites for hydroxylation is 1. The third-order valence-electron chi connectivity index (χ3n) is 3.10. The molecule has 2 aromatic rings. The zero-order chi connectivity index (χ0) is 13.1. The van der Waals surface area contributed by atoms with Crippen LogP contribution >= 0.6 is 0 Å². The number of benzene rings is 1. The van der Waals surface area contributed by atoms with Crippen molar-refractivity contribution in [3.05, 3.63) is 47.0 Å². The smallest absolute Gasteiger partial charge is 0.123 e. The van der Waals surface area contributed by atoms with Crippen LogP contribution in [0.5, 0.6) is 0 Å². The van der Waals surface area contributed by atoms with E-state index in [0.717, 1.165) is 35.5 Å². The molecular formula is C14H17FN2O. The van der Waals surface area contributed by atoms with E-state index in [-0.39, 0.29) is 12.4 Å². The van der Waals surface area contributed by atoms with E-state index in [2.05, 4.69) is 5.10 Å². The van der Waals surface area contributed by atoms with E-state index in [4.69, 9.17) is 5.11 Å². The number of halogens is 1. The molecule has 0 aliphatic heterocycles. The molecule has 0 saturated heterocycles. The Labute approximate surface area is 106 Å². The Bertz CT molecular complexity index is 531. The molecular weight excluding hydrogens is 231 g/mol. The summed E-state index contributed by atoms with van der Waals surface area (Å²) in [6, 6.07) is 6.29. The zero-order valence-corrected chi connectivity index (χ0v) is 10.7. The third-order valence-corrected chi connectivity index (χ3v) is 3.10. The number of nitrogens with zero attached hydrogens (tertiary/aromatic N) is 2. The molecule has 3 nitrogen and oxygen atoms in total. The van der Waals surface area contributed by atoms with Gasteiger partial charge in [-0.05, 0) is 56.5 Å². The van der Waals surface area contributed by atoms with Crippen molar-refractivity contribution < 1.29 is 9.50 Å². The highest BCUT2D eigenvalue weighted by atomic mass is 19.1. The van der Waals surface area contributed by atoms with Gasteiger partial charge < -0.3 is 5.11 Å². The van der Waals surface area contributed by atoms with Crippen molar-refractivity contribution >= 4 is 0 Å². The second-order valence-corrected chi connectivity index (χ2v) is 4.36. The van der Waals surface area contributed by atoms with Gasteiger partial charge in [0.1, 0.15) is 5.82 Å². The van der Waals surface area contributed by atoms with Gasteiger partial charge in [0.25, 0.3) is 0 Å². The minimum absolute atomic E-state index is 0.181. The lowest BCUT2D eigenvalue weighted by Crippen LogP contribution is -2.00. The number of aliphatic hydroxyl groups excluding tert-OH is 1. The Balaban J connectivity index is 2.37. The highest BCUT2D eigenvalue weighted by molar-refractivity contribution is 5.37. The van der Waals surface area contributed by atoms with Crippen LogP contribution < -0.4 is 0 Å². The number of aromatic nitrogens is 2. The van der Waals surface area contributed by atoms with E-state index in [1.807, 2.05) is 18.5 Å². The molecule has 1 heterocycles. The summed E-state index contributed by atoms with van der Waals surface area (Å²) < 4.78 is 14.7. The Kier molecular flexibility index (Phi) is 3.77. The molecule has 0 fully saturated rings. The summed E-state index contributed by atoms with van der Waals surface area (Å²) in [6.45, 7) is 4.14. The normalized spacial score (nSPS) is 10.9. The second kappa shape index (κ2) is 5.31. The van der Waals surface area contributed by atoms with Crippen LogP contribution in [0.1, 0.15) is 23.4 Å². The van der Waals surface area contributed by atoms with Gasteiger partial charge in [-0.25, -0.2) is 9.07 Å². The van der Waals surface area contributed by atoms with Crippen LogP contribution in [0.25, 0.3) is 5.69 Å². The molecule has 4 heteroatoms. The first kappa shape index (κ1) is 12.8. The van der Waals surface area contributed by atoms with E-state index in [9.17, 15) is 4.39 Å². The summed E-state index contributed by atoms with van der Waals surface area (Å²) >= 11 is 0. The molecule has 96 valence electrons. The van der Waals surface area contributed by atoms with Crippen molar-refractivity contribution in [1.29, 1.82) is 0 Å². The predicted octanol–water partition coefficient (Wildman–Crippen LogP) is 2.55. The third kappa shape index (κ3) is 2.43. The summed E-state index contributed by atoms with van der Waals surface area (Å²) in [7, 11) is 0. The van der Waals surface area contributed by atoms with Crippen LogP contribution in [0.3, 0.4) is 0 Å². The minimum atomic E-state index is -0.249. The van der Waals surface area contributed by atoms with Gasteiger partial charge in [-0.2, -0.15) is 5.10 Å². The maximum absolute atomic E-state index is 12.9. The second-order valence-electron chi connectivity index (χ2n) is 4.36. The van der Waals surface area contributed by atoms with Crippen LogP contribution in [-0.2, 0) is 6.42 Å². The van der Waals surface area contributed by atoms with E-state index in [1.54, 1.807) is 12.1 Å². The monoisotopic (exact) mass is 248 g/mol. The first-order chi connectivity index (χ1) is 8.63. The van der Waals surface area contributed by atoms with E-state index in [1.165, 1.54) is 12.1 Å². The summed E-state index contributed by atoms with van der Waals surface area (Å²) in [5, 5.41) is 13.4. The average Bonchev–Trinajstić information content (AvgIpc) is 2.64. The molecule has 1 aromatic carbocycles. The molecule has 0 aliphatic rings. The maximum atomic E-state index is 12.9. The molecule has 0 bridgehead atoms. The van der Waals surface area contributed by atoms with Crippen molar-refractivity contribution in [3.63, 3.8) is 0 Å². The van der Waals surface area contributed by atoms with Gasteiger partial charge in [0.05, 0.1) is 11.4 Å². The Morgan fingerprint density at radius 1 is 1.22 bits per heavy atom. The van der Waals surface area contributed by atoms with Crippen LogP contribution in [-0.4, -0.2) is 21.5 Å². The largest absolute Gasteiger partial charge is 0.396 e. The fourth-order valence-electron chi connectivity index (χ4n) is 2.13. The first-order valence-electron chi connectivity index (χ1n) is 6.05. The van der Waals surface area contributed by atoms with Gasteiger partial charge in [-0.3, -0.25) is 0 Å². The van der Waals surface area contributed by atoms with Crippen LogP contribution in [0, 0.1) is 19.7 Å². The molecule has 18 heavy (non-hydrogen) atoms. The Hall–Kier alpha value is -1.68. The number of aliphatic hydroxyl groups is 1. The van der Waals surface area contributed by atoms with Crippen LogP contribution in [0.15, 0.2) is 24.3 Å². The lowest BCUT2D eigenvalue weighted by molar-refractivity contribution is 0.288. The molecule has 0 saturated carbocycles. The highest BCUT2D eigenvalue weighted by Crippen LogP contribution is 2.19. The number of rotatable bonds is 4. The molecule has 0 amide bonds. The number of hydrogen-bond donors (Lipinski definition) is 1. The van der Waals surface area contributed by atoms with Gasteiger partial charge in [0.15, 0.2) is 0 Å². The van der Waals surface area contributed by atoms with E-state index < -0.39 is 0 Å². The Morgan fingerprint density at radius 2 is 1.89 bits per heavy atom. The van der Waals surface area contributed by atoms with Gasteiger partial charge in [0.2, 0.25) is 0 Å². The zero-order valence-electron chi connectivity index (χ0n) is 10.7. The first-order valence-corrected chi connectivity index (χ1v) is 6.05. The van der Waals surface area contributed by atoms with Crippen molar-refractivity contribution in [2.24, 2.45) is 0 Å². The molecule has 0 radical (unpaired) electrons. The molecule has 0 spiro atoms. The summed E-state index contributed by atoms with van der Waals surface area (Å²) in [5.74, 6) is -0.249. The molecule has 0 unspecified atom stereocenters. The fraction of sp³-hybridized carbons (Fsp3) is 0.357. The molecule has 2 rings (SSSR count). The van der Waals surface area contributed by atoms with E-state index in [0.29, 0.717) is 0 Å². The Morgan fingerprint density at radius 3 is 2.50 bits per heavy atom. The molecule has 0 atom stereocenters. The summed E-state index contributed by atoms with van der Waals surface area (Å²) in [5.41, 5.74) is 4.03. The SMILES string of the molecule is Cc1nn(-c2ccc(F)cc2)c(C)c1CCCO. The van der Waals surface area contributed by atoms with Crippen molar-refractivity contribution in [2.75, 3.05) is 6.61 Å². The maximum Gasteiger partial charge on any atom is 0.123 e. The van der Waals surface area contributed by atoms with Gasteiger partial charge in [-0.15, -0.1) is 0 Å². The fourth-order valence-corrected chi connectivity index (χ4v) is 2.13. The quantitative estimate of drug-likeness (QED) is 0.903. The van der Waals surface area contributed by atoms with Crippen LogP contribution in [0.2, 0.25) is 0 Å². The van der Waals surface area contributed by atoms with E-state index >= 15 is 0 Å². The minimum Gasteiger partial charge on any atom is -0.396 e. The van der Waals surface area contributed by atoms with Gasteiger partial charge in [0, 0.05) is 12.3 Å². The average molecular weight is 248 g/mol. The lowest BCUT2D eigenvalue weighted by Gasteiger charge is -2.05. The topological polar surface area (TPSA) is 38.0 Å². The van der Waals surface area contributed by atoms with Crippen LogP contribution in [0.4, 0.5) is 4.39 Å². The van der Waals surface area contributed by atoms with Crippen molar-refractivity contribution in [3.8, 4) is 5.69 Å². The highest BCUT2D eigenvalue weighted by Gasteiger charge is 2.12. The lowest BCUT2D eigenvalue weighted by atomic mass is 10.1. The van der Waals surface area contributed by atoms with Crippen molar-refractivity contribution in [1.82, 2.24) is 9.78 Å².